The number of rotatable bonds is 8. The van der Waals surface area contributed by atoms with Crippen LogP contribution < -0.4 is 10.6 Å². The second-order valence-corrected chi connectivity index (χ2v) is 11.8. The van der Waals surface area contributed by atoms with Gasteiger partial charge in [0.1, 0.15) is 0 Å². The van der Waals surface area contributed by atoms with E-state index in [0.717, 1.165) is 77.8 Å². The largest absolute Gasteiger partial charge is 0.390 e. The molecule has 182 valence electrons. The molecule has 7 nitrogen and oxygen atoms in total. The molecule has 3 N–H and O–H groups in total. The van der Waals surface area contributed by atoms with Crippen molar-refractivity contribution >= 4 is 11.8 Å². The molecule has 2 amide bonds. The van der Waals surface area contributed by atoms with Crippen LogP contribution in [0.5, 0.6) is 0 Å². The third-order valence-corrected chi connectivity index (χ3v) is 8.77. The van der Waals surface area contributed by atoms with Crippen LogP contribution in [0.2, 0.25) is 0 Å². The molecule has 4 fully saturated rings. The number of aliphatic hydroxyl groups is 1. The van der Waals surface area contributed by atoms with Crippen LogP contribution in [0.4, 0.5) is 0 Å². The van der Waals surface area contributed by atoms with E-state index in [0.29, 0.717) is 18.9 Å². The second-order valence-electron chi connectivity index (χ2n) is 11.8. The SMILES string of the molecule is CC1(C)C[C@H](NC(=O)C2CC2)[C@@]2(CCC(=O)NCCN3CCOCC3)CC[C@](C)(O)C[C@@H]12. The first-order chi connectivity index (χ1) is 15.1. The Balaban J connectivity index is 1.39. The molecule has 1 saturated heterocycles. The Labute approximate surface area is 193 Å². The maximum atomic E-state index is 12.8. The molecule has 4 atom stereocenters. The third kappa shape index (κ3) is 5.31. The number of morpholine rings is 1. The Morgan fingerprint density at radius 2 is 1.81 bits per heavy atom. The minimum absolute atomic E-state index is 0.0265. The van der Waals surface area contributed by atoms with Crippen molar-refractivity contribution in [2.24, 2.45) is 22.7 Å². The van der Waals surface area contributed by atoms with Crippen molar-refractivity contribution in [2.45, 2.75) is 83.8 Å². The van der Waals surface area contributed by atoms with Gasteiger partial charge in [0.2, 0.25) is 11.8 Å². The predicted octanol–water partition coefficient (Wildman–Crippen LogP) is 2.08. The zero-order valence-electron chi connectivity index (χ0n) is 20.3. The lowest BCUT2D eigenvalue weighted by Crippen LogP contribution is -2.53. The molecule has 1 heterocycles. The number of ether oxygens (including phenoxy) is 1. The summed E-state index contributed by atoms with van der Waals surface area (Å²) in [5.74, 6) is 0.771. The number of hydrogen-bond acceptors (Lipinski definition) is 5. The van der Waals surface area contributed by atoms with Gasteiger partial charge in [-0.3, -0.25) is 14.5 Å². The smallest absolute Gasteiger partial charge is 0.223 e. The van der Waals surface area contributed by atoms with Crippen LogP contribution in [-0.2, 0) is 14.3 Å². The number of amides is 2. The summed E-state index contributed by atoms with van der Waals surface area (Å²) in [6.45, 7) is 11.4. The lowest BCUT2D eigenvalue weighted by atomic mass is 9.57. The molecule has 1 aliphatic heterocycles. The lowest BCUT2D eigenvalue weighted by Gasteiger charge is -2.50. The number of fused-ring (bicyclic) bond motifs is 1. The highest BCUT2D eigenvalue weighted by molar-refractivity contribution is 5.81. The summed E-state index contributed by atoms with van der Waals surface area (Å²) in [7, 11) is 0. The Morgan fingerprint density at radius 1 is 1.09 bits per heavy atom. The number of nitrogens with zero attached hydrogens (tertiary/aromatic N) is 1. The fourth-order valence-electron chi connectivity index (χ4n) is 6.68. The van der Waals surface area contributed by atoms with E-state index in [9.17, 15) is 14.7 Å². The second kappa shape index (κ2) is 9.22. The van der Waals surface area contributed by atoms with Gasteiger partial charge in [0.05, 0.1) is 18.8 Å². The van der Waals surface area contributed by atoms with Gasteiger partial charge < -0.3 is 20.5 Å². The van der Waals surface area contributed by atoms with Gasteiger partial charge in [0, 0.05) is 44.6 Å². The Hall–Kier alpha value is -1.18. The average molecular weight is 450 g/mol. The van der Waals surface area contributed by atoms with Crippen LogP contribution in [0.3, 0.4) is 0 Å². The molecule has 0 spiro atoms. The van der Waals surface area contributed by atoms with E-state index in [1.165, 1.54) is 0 Å². The quantitative estimate of drug-likeness (QED) is 0.528. The Morgan fingerprint density at radius 3 is 2.50 bits per heavy atom. The molecule has 0 aromatic heterocycles. The minimum atomic E-state index is -0.665. The van der Waals surface area contributed by atoms with Gasteiger partial charge in [-0.2, -0.15) is 0 Å². The number of nitrogens with one attached hydrogen (secondary N) is 2. The van der Waals surface area contributed by atoms with Crippen molar-refractivity contribution in [2.75, 3.05) is 39.4 Å². The molecule has 0 aromatic carbocycles. The zero-order valence-corrected chi connectivity index (χ0v) is 20.3. The van der Waals surface area contributed by atoms with Crippen molar-refractivity contribution in [1.82, 2.24) is 15.5 Å². The average Bonchev–Trinajstić information content (AvgIpc) is 3.56. The normalized spacial score (nSPS) is 37.0. The highest BCUT2D eigenvalue weighted by Crippen LogP contribution is 2.64. The highest BCUT2D eigenvalue weighted by atomic mass is 16.5. The number of hydrogen-bond donors (Lipinski definition) is 3. The topological polar surface area (TPSA) is 90.9 Å². The highest BCUT2D eigenvalue weighted by Gasteiger charge is 2.61. The fourth-order valence-corrected chi connectivity index (χ4v) is 6.68. The maximum Gasteiger partial charge on any atom is 0.223 e. The molecule has 7 heteroatoms. The molecule has 3 saturated carbocycles. The van der Waals surface area contributed by atoms with E-state index < -0.39 is 5.60 Å². The molecule has 0 unspecified atom stereocenters. The number of carbonyl (C=O) groups excluding carboxylic acids is 2. The summed E-state index contributed by atoms with van der Waals surface area (Å²) in [5.41, 5.74) is -0.752. The van der Waals surface area contributed by atoms with Crippen LogP contribution in [-0.4, -0.2) is 72.9 Å². The summed E-state index contributed by atoms with van der Waals surface area (Å²) in [6, 6.07) is 0.0906. The van der Waals surface area contributed by atoms with Crippen LogP contribution in [0.15, 0.2) is 0 Å². The van der Waals surface area contributed by atoms with E-state index in [1.807, 2.05) is 6.92 Å². The predicted molar refractivity (Wildman–Crippen MR) is 123 cm³/mol. The first-order valence-corrected chi connectivity index (χ1v) is 12.7. The first-order valence-electron chi connectivity index (χ1n) is 12.7. The summed E-state index contributed by atoms with van der Waals surface area (Å²) < 4.78 is 5.38. The minimum Gasteiger partial charge on any atom is -0.390 e. The van der Waals surface area contributed by atoms with Crippen LogP contribution in [0.25, 0.3) is 0 Å². The van der Waals surface area contributed by atoms with Crippen LogP contribution in [0.1, 0.15) is 72.1 Å². The van der Waals surface area contributed by atoms with Gasteiger partial charge >= 0.3 is 0 Å². The van der Waals surface area contributed by atoms with E-state index in [4.69, 9.17) is 4.74 Å². The Bertz CT molecular complexity index is 699. The molecule has 0 radical (unpaired) electrons. The molecular formula is C25H43N3O4. The van der Waals surface area contributed by atoms with E-state index in [1.54, 1.807) is 0 Å². The van der Waals surface area contributed by atoms with E-state index in [-0.39, 0.29) is 34.6 Å². The number of carbonyl (C=O) groups is 2. The summed E-state index contributed by atoms with van der Waals surface area (Å²) >= 11 is 0. The molecule has 0 bridgehead atoms. The van der Waals surface area contributed by atoms with Gasteiger partial charge in [0.25, 0.3) is 0 Å². The molecular weight excluding hydrogens is 406 g/mol. The first kappa shape index (κ1) is 24.0. The van der Waals surface area contributed by atoms with Crippen LogP contribution >= 0.6 is 0 Å². The fraction of sp³-hybridized carbons (Fsp3) is 0.920. The van der Waals surface area contributed by atoms with Crippen LogP contribution in [0, 0.1) is 22.7 Å². The summed E-state index contributed by atoms with van der Waals surface area (Å²) in [6.07, 6.45) is 6.51. The standard InChI is InChI=1S/C25H43N3O4/c1-23(2)17-20(27-22(30)18-4-5-18)25(9-8-24(3,31)16-19(23)25)7-6-21(29)26-10-11-28-12-14-32-15-13-28/h18-20,31H,4-17H2,1-3H3,(H,26,29)(H,27,30)/t19-,20-,24-,25-/m0/s1. The van der Waals surface area contributed by atoms with Gasteiger partial charge in [-0.05, 0) is 68.6 Å². The monoisotopic (exact) mass is 449 g/mol. The van der Waals surface area contributed by atoms with Gasteiger partial charge in [-0.15, -0.1) is 0 Å². The lowest BCUT2D eigenvalue weighted by molar-refractivity contribution is -0.126. The maximum absolute atomic E-state index is 12.8. The van der Waals surface area contributed by atoms with Gasteiger partial charge in [-0.25, -0.2) is 0 Å². The molecule has 4 aliphatic rings. The molecule has 32 heavy (non-hydrogen) atoms. The molecule has 0 aromatic rings. The van der Waals surface area contributed by atoms with E-state index >= 15 is 0 Å². The van der Waals surface area contributed by atoms with Gasteiger partial charge in [0.15, 0.2) is 0 Å². The zero-order chi connectivity index (χ0) is 23.0. The third-order valence-electron chi connectivity index (χ3n) is 8.77. The van der Waals surface area contributed by atoms with E-state index in [2.05, 4.69) is 29.4 Å². The van der Waals surface area contributed by atoms with Gasteiger partial charge in [-0.1, -0.05) is 13.8 Å². The summed E-state index contributed by atoms with van der Waals surface area (Å²) in [4.78, 5) is 27.8. The van der Waals surface area contributed by atoms with Crippen molar-refractivity contribution in [3.05, 3.63) is 0 Å². The van der Waals surface area contributed by atoms with Crippen molar-refractivity contribution in [3.8, 4) is 0 Å². The molecule has 3 aliphatic carbocycles. The summed E-state index contributed by atoms with van der Waals surface area (Å²) in [5, 5.41) is 17.4. The van der Waals surface area contributed by atoms with Crippen molar-refractivity contribution in [3.63, 3.8) is 0 Å². The molecule has 4 rings (SSSR count). The van der Waals surface area contributed by atoms with Crippen molar-refractivity contribution < 1.29 is 19.4 Å². The van der Waals surface area contributed by atoms with Crippen molar-refractivity contribution in [1.29, 1.82) is 0 Å². The Kier molecular flexibility index (Phi) is 6.91.